The summed E-state index contributed by atoms with van der Waals surface area (Å²) in [6.07, 6.45) is 3.06. The maximum atomic E-state index is 13.8. The van der Waals surface area contributed by atoms with E-state index in [0.717, 1.165) is 18.9 Å². The summed E-state index contributed by atoms with van der Waals surface area (Å²) >= 11 is 0. The number of aliphatic hydroxyl groups is 1. The second kappa shape index (κ2) is 5.40. The first-order valence-corrected chi connectivity index (χ1v) is 7.46. The zero-order valence-electron chi connectivity index (χ0n) is 10.4. The van der Waals surface area contributed by atoms with Crippen LogP contribution in [0.3, 0.4) is 0 Å². The maximum Gasteiger partial charge on any atom is 0.246 e. The van der Waals surface area contributed by atoms with Crippen molar-refractivity contribution < 1.29 is 17.9 Å². The monoisotopic (exact) mass is 285 g/mol. The Balaban J connectivity index is 2.45. The smallest absolute Gasteiger partial charge is 0.246 e. The average molecular weight is 285 g/mol. The van der Waals surface area contributed by atoms with Crippen molar-refractivity contribution in [3.05, 3.63) is 42.2 Å². The van der Waals surface area contributed by atoms with E-state index in [1.807, 2.05) is 0 Å². The minimum absolute atomic E-state index is 0.0693. The van der Waals surface area contributed by atoms with Gasteiger partial charge in [-0.05, 0) is 30.5 Å². The minimum Gasteiger partial charge on any atom is -0.392 e. The van der Waals surface area contributed by atoms with E-state index >= 15 is 0 Å². The third-order valence-corrected chi connectivity index (χ3v) is 4.96. The summed E-state index contributed by atoms with van der Waals surface area (Å²) in [7, 11) is -3.89. The third-order valence-electron chi connectivity index (χ3n) is 3.03. The van der Waals surface area contributed by atoms with Crippen LogP contribution in [-0.4, -0.2) is 30.4 Å². The highest BCUT2D eigenvalue weighted by atomic mass is 32.2. The molecule has 0 heterocycles. The Bertz CT molecular complexity index is 582. The van der Waals surface area contributed by atoms with Crippen LogP contribution in [0.5, 0.6) is 0 Å². The lowest BCUT2D eigenvalue weighted by Gasteiger charge is -2.20. The first-order valence-electron chi connectivity index (χ1n) is 6.02. The van der Waals surface area contributed by atoms with Crippen molar-refractivity contribution in [2.45, 2.75) is 30.4 Å². The highest BCUT2D eigenvalue weighted by molar-refractivity contribution is 7.89. The van der Waals surface area contributed by atoms with Crippen LogP contribution in [0.2, 0.25) is 0 Å². The molecule has 0 spiro atoms. The van der Waals surface area contributed by atoms with Gasteiger partial charge in [0.2, 0.25) is 10.0 Å². The van der Waals surface area contributed by atoms with Gasteiger partial charge in [0.1, 0.15) is 10.7 Å². The molecule has 1 aliphatic carbocycles. The van der Waals surface area contributed by atoms with Gasteiger partial charge in [-0.3, -0.25) is 0 Å². The van der Waals surface area contributed by atoms with Gasteiger partial charge < -0.3 is 5.11 Å². The standard InChI is InChI=1S/C13H16FNO3S/c1-2-7-15(11-4-5-11)19(17,18)13-8-10(9-16)3-6-12(13)14/h2-3,6,8,11,16H,1,4-5,7,9H2. The Morgan fingerprint density at radius 1 is 1.47 bits per heavy atom. The van der Waals surface area contributed by atoms with Crippen molar-refractivity contribution in [3.8, 4) is 0 Å². The summed E-state index contributed by atoms with van der Waals surface area (Å²) < 4.78 is 39.9. The Labute approximate surface area is 112 Å². The topological polar surface area (TPSA) is 57.6 Å². The fourth-order valence-corrected chi connectivity index (χ4v) is 3.68. The summed E-state index contributed by atoms with van der Waals surface area (Å²) in [5.74, 6) is -0.799. The molecule has 1 fully saturated rings. The van der Waals surface area contributed by atoms with E-state index in [1.165, 1.54) is 22.5 Å². The molecular formula is C13H16FNO3S. The summed E-state index contributed by atoms with van der Waals surface area (Å²) in [4.78, 5) is -0.382. The van der Waals surface area contributed by atoms with Crippen LogP contribution < -0.4 is 0 Å². The van der Waals surface area contributed by atoms with Crippen LogP contribution in [0, 0.1) is 5.82 Å². The Hall–Kier alpha value is -1.24. The van der Waals surface area contributed by atoms with Crippen LogP contribution >= 0.6 is 0 Å². The molecule has 2 rings (SSSR count). The van der Waals surface area contributed by atoms with Crippen molar-refractivity contribution in [1.82, 2.24) is 4.31 Å². The predicted octanol–water partition coefficient (Wildman–Crippen LogP) is 1.66. The SMILES string of the molecule is C=CCN(C1CC1)S(=O)(=O)c1cc(CO)ccc1F. The number of benzene rings is 1. The molecule has 1 aromatic carbocycles. The molecule has 6 heteroatoms. The van der Waals surface area contributed by atoms with Crippen LogP contribution in [0.15, 0.2) is 35.7 Å². The number of aliphatic hydroxyl groups excluding tert-OH is 1. The summed E-state index contributed by atoms with van der Waals surface area (Å²) in [6, 6.07) is 3.55. The van der Waals surface area contributed by atoms with Crippen molar-refractivity contribution in [2.75, 3.05) is 6.54 Å². The molecule has 0 unspecified atom stereocenters. The Morgan fingerprint density at radius 2 is 2.16 bits per heavy atom. The second-order valence-electron chi connectivity index (χ2n) is 4.52. The van der Waals surface area contributed by atoms with Crippen LogP contribution in [0.25, 0.3) is 0 Å². The van der Waals surface area contributed by atoms with E-state index in [2.05, 4.69) is 6.58 Å². The zero-order valence-corrected chi connectivity index (χ0v) is 11.2. The van der Waals surface area contributed by atoms with Gasteiger partial charge in [-0.15, -0.1) is 6.58 Å². The fourth-order valence-electron chi connectivity index (χ4n) is 1.90. The third kappa shape index (κ3) is 2.86. The van der Waals surface area contributed by atoms with Gasteiger partial charge in [-0.2, -0.15) is 4.31 Å². The van der Waals surface area contributed by atoms with E-state index in [-0.39, 0.29) is 24.1 Å². The van der Waals surface area contributed by atoms with Crippen molar-refractivity contribution in [3.63, 3.8) is 0 Å². The zero-order chi connectivity index (χ0) is 14.0. The molecule has 0 aliphatic heterocycles. The quantitative estimate of drug-likeness (QED) is 0.809. The molecule has 1 aromatic rings. The first-order chi connectivity index (χ1) is 9.00. The van der Waals surface area contributed by atoms with Crippen LogP contribution in [-0.2, 0) is 16.6 Å². The molecule has 0 bridgehead atoms. The molecule has 0 amide bonds. The Kier molecular flexibility index (Phi) is 4.03. The van der Waals surface area contributed by atoms with Crippen molar-refractivity contribution in [2.24, 2.45) is 0 Å². The summed E-state index contributed by atoms with van der Waals surface area (Å²) in [6.45, 7) is 3.37. The van der Waals surface area contributed by atoms with Crippen molar-refractivity contribution in [1.29, 1.82) is 0 Å². The van der Waals surface area contributed by atoms with Gasteiger partial charge in [0.25, 0.3) is 0 Å². The predicted molar refractivity (Wildman–Crippen MR) is 69.4 cm³/mol. The average Bonchev–Trinajstić information content (AvgIpc) is 3.20. The van der Waals surface area contributed by atoms with E-state index in [4.69, 9.17) is 5.11 Å². The number of rotatable bonds is 6. The molecule has 104 valence electrons. The fraction of sp³-hybridized carbons (Fsp3) is 0.385. The molecule has 0 atom stereocenters. The molecular weight excluding hydrogens is 269 g/mol. The molecule has 4 nitrogen and oxygen atoms in total. The lowest BCUT2D eigenvalue weighted by Crippen LogP contribution is -2.33. The molecule has 19 heavy (non-hydrogen) atoms. The molecule has 0 aromatic heterocycles. The largest absolute Gasteiger partial charge is 0.392 e. The number of sulfonamides is 1. The number of hydrogen-bond donors (Lipinski definition) is 1. The van der Waals surface area contributed by atoms with Gasteiger partial charge in [-0.25, -0.2) is 12.8 Å². The van der Waals surface area contributed by atoms with Gasteiger partial charge in [0.15, 0.2) is 0 Å². The normalized spacial score (nSPS) is 15.7. The van der Waals surface area contributed by atoms with E-state index in [1.54, 1.807) is 0 Å². The maximum absolute atomic E-state index is 13.8. The lowest BCUT2D eigenvalue weighted by molar-refractivity contribution is 0.281. The van der Waals surface area contributed by atoms with Crippen LogP contribution in [0.1, 0.15) is 18.4 Å². The minimum atomic E-state index is -3.89. The number of hydrogen-bond acceptors (Lipinski definition) is 3. The molecule has 1 aliphatic rings. The van der Waals surface area contributed by atoms with Gasteiger partial charge in [0.05, 0.1) is 6.61 Å². The number of halogens is 1. The first kappa shape index (κ1) is 14.2. The highest BCUT2D eigenvalue weighted by Gasteiger charge is 2.38. The highest BCUT2D eigenvalue weighted by Crippen LogP contribution is 2.32. The summed E-state index contributed by atoms with van der Waals surface area (Å²) in [5.41, 5.74) is 0.370. The molecule has 0 radical (unpaired) electrons. The van der Waals surface area contributed by atoms with Gasteiger partial charge in [-0.1, -0.05) is 12.1 Å². The van der Waals surface area contributed by atoms with E-state index < -0.39 is 15.8 Å². The van der Waals surface area contributed by atoms with Gasteiger partial charge >= 0.3 is 0 Å². The molecule has 0 saturated heterocycles. The summed E-state index contributed by atoms with van der Waals surface area (Å²) in [5, 5.41) is 9.04. The molecule has 1 N–H and O–H groups in total. The number of nitrogens with zero attached hydrogens (tertiary/aromatic N) is 1. The Morgan fingerprint density at radius 3 is 2.68 bits per heavy atom. The second-order valence-corrected chi connectivity index (χ2v) is 6.38. The van der Waals surface area contributed by atoms with E-state index in [9.17, 15) is 12.8 Å². The lowest BCUT2D eigenvalue weighted by atomic mass is 10.2. The molecule has 1 saturated carbocycles. The van der Waals surface area contributed by atoms with Gasteiger partial charge in [0, 0.05) is 12.6 Å². The van der Waals surface area contributed by atoms with Crippen LogP contribution in [0.4, 0.5) is 4.39 Å². The van der Waals surface area contributed by atoms with E-state index in [0.29, 0.717) is 5.56 Å². The van der Waals surface area contributed by atoms with Crippen molar-refractivity contribution >= 4 is 10.0 Å².